The molecule has 0 bridgehead atoms. The van der Waals surface area contributed by atoms with Gasteiger partial charge in [0.1, 0.15) is 62.4 Å². The Kier molecular flexibility index (Phi) is 50.0. The molecule has 1 aliphatic carbocycles. The molecule has 37 nitrogen and oxygen atoms in total. The van der Waals surface area contributed by atoms with Crippen molar-refractivity contribution >= 4 is 112 Å². The molecule has 8 amide bonds. The van der Waals surface area contributed by atoms with Crippen molar-refractivity contribution in [1.29, 1.82) is 0 Å². The van der Waals surface area contributed by atoms with Crippen LogP contribution in [-0.4, -0.2) is 306 Å². The monoisotopic (exact) mass is 2080 g/mol. The lowest BCUT2D eigenvalue weighted by atomic mass is 9.73. The zero-order valence-electron chi connectivity index (χ0n) is 89.2. The minimum atomic E-state index is -1.24. The summed E-state index contributed by atoms with van der Waals surface area (Å²) in [7, 11) is 1.20. The predicted octanol–water partition coefficient (Wildman–Crippen LogP) is 11.4. The smallest absolute Gasteiger partial charge is 0.336 e. The van der Waals surface area contributed by atoms with E-state index in [1.165, 1.54) is 37.4 Å². The maximum Gasteiger partial charge on any atom is 0.336 e. The van der Waals surface area contributed by atoms with Crippen molar-refractivity contribution in [2.45, 2.75) is 284 Å². The Morgan fingerprint density at radius 1 is 0.419 bits per heavy atom. The van der Waals surface area contributed by atoms with Gasteiger partial charge in [-0.15, -0.1) is 0 Å². The van der Waals surface area contributed by atoms with Gasteiger partial charge in [-0.2, -0.15) is 0 Å². The molecule has 2 aliphatic rings. The van der Waals surface area contributed by atoms with Crippen LogP contribution < -0.4 is 47.9 Å². The molecule has 0 saturated carbocycles. The molecular formula is C109H159FN14O23S. The summed E-state index contributed by atoms with van der Waals surface area (Å²) < 4.78 is 47.0. The van der Waals surface area contributed by atoms with E-state index in [1.54, 1.807) is 132 Å². The van der Waals surface area contributed by atoms with E-state index in [9.17, 15) is 86.8 Å². The molecule has 1 heterocycles. The summed E-state index contributed by atoms with van der Waals surface area (Å²) in [5.41, 5.74) is 2.01. The van der Waals surface area contributed by atoms with Crippen molar-refractivity contribution in [3.05, 3.63) is 153 Å². The van der Waals surface area contributed by atoms with Crippen LogP contribution in [0.2, 0.25) is 0 Å². The van der Waals surface area contributed by atoms with E-state index in [-0.39, 0.29) is 187 Å². The number of methoxy groups -OCH3 is 1. The molecule has 39 heteroatoms. The first kappa shape index (κ1) is 123. The number of nitrogens with one attached hydrogen (secondary N) is 9. The van der Waals surface area contributed by atoms with Crippen molar-refractivity contribution < 1.29 is 115 Å². The molecule has 1 saturated heterocycles. The normalized spacial score (nSPS) is 14.3. The summed E-state index contributed by atoms with van der Waals surface area (Å²) in [6.45, 7) is 30.9. The first-order valence-electron chi connectivity index (χ1n) is 51.4. The molecule has 3 atom stereocenters. The summed E-state index contributed by atoms with van der Waals surface area (Å²) in [5, 5.41) is 57.4. The van der Waals surface area contributed by atoms with Gasteiger partial charge in [-0.1, -0.05) is 67.9 Å². The third-order valence-corrected chi connectivity index (χ3v) is 24.3. The molecule has 5 aromatic rings. The van der Waals surface area contributed by atoms with Crippen LogP contribution in [0.1, 0.15) is 275 Å². The zero-order valence-corrected chi connectivity index (χ0v) is 90.0. The van der Waals surface area contributed by atoms with Crippen LogP contribution in [0.3, 0.4) is 0 Å². The number of rotatable bonds is 56. The van der Waals surface area contributed by atoms with Gasteiger partial charge in [0.25, 0.3) is 0 Å². The number of esters is 6. The molecule has 1 fully saturated rings. The van der Waals surface area contributed by atoms with E-state index in [1.807, 2.05) is 69.5 Å². The van der Waals surface area contributed by atoms with Crippen molar-refractivity contribution in [2.75, 3.05) is 142 Å². The number of hydrogen-bond donors (Lipinski definition) is 12. The predicted molar refractivity (Wildman–Crippen MR) is 564 cm³/mol. The molecule has 0 spiro atoms. The van der Waals surface area contributed by atoms with Gasteiger partial charge in [0, 0.05) is 179 Å². The van der Waals surface area contributed by atoms with E-state index in [4.69, 9.17) is 40.6 Å². The number of ether oxygens (including phenoxy) is 6. The number of urea groups is 1. The van der Waals surface area contributed by atoms with E-state index >= 15 is 0 Å². The van der Waals surface area contributed by atoms with Crippen LogP contribution in [0, 0.1) is 5.82 Å². The highest BCUT2D eigenvalue weighted by molar-refractivity contribution is 7.80. The highest BCUT2D eigenvalue weighted by Gasteiger charge is 2.37. The number of aromatic hydroxyl groups is 2. The number of thiocarbonyl (C=S) groups is 1. The Bertz CT molecular complexity index is 5190. The minimum Gasteiger partial charge on any atom is -0.508 e. The molecule has 0 aromatic heterocycles. The molecule has 12 N–H and O–H groups in total. The summed E-state index contributed by atoms with van der Waals surface area (Å²) in [5.74, 6) is -6.99. The third-order valence-electron chi connectivity index (χ3n) is 23.9. The number of fused-ring (bicyclic) bond motifs is 2. The fourth-order valence-electron chi connectivity index (χ4n) is 16.9. The first-order chi connectivity index (χ1) is 69.7. The molecule has 7 rings (SSSR count). The quantitative estimate of drug-likeness (QED) is 0.00730. The average Bonchev–Trinajstić information content (AvgIpc) is 0.754. The number of unbranched alkanes of at least 4 members (excludes halogenated alkanes) is 6. The Hall–Kier alpha value is -12.3. The number of phenolic OH excluding ortho intramolecular Hbond substituents is 2. The van der Waals surface area contributed by atoms with Crippen LogP contribution in [0.4, 0.5) is 20.6 Å². The second-order valence-corrected chi connectivity index (χ2v) is 43.0. The number of phenols is 2. The number of aromatic carboxylic acids is 1. The van der Waals surface area contributed by atoms with Crippen LogP contribution in [-0.2, 0) is 98.8 Å². The molecule has 1 aliphatic heterocycles. The number of anilines is 2. The topological polar surface area (TPSA) is 480 Å². The van der Waals surface area contributed by atoms with Crippen molar-refractivity contribution in [1.82, 2.24) is 61.7 Å². The van der Waals surface area contributed by atoms with Crippen LogP contribution >= 0.6 is 12.2 Å². The fourth-order valence-corrected chi connectivity index (χ4v) is 17.1. The highest BCUT2D eigenvalue weighted by atomic mass is 32.1. The Labute approximate surface area is 875 Å². The molecule has 148 heavy (non-hydrogen) atoms. The molecule has 816 valence electrons. The number of carbonyl (C=O) groups is 14. The van der Waals surface area contributed by atoms with Gasteiger partial charge in [0.15, 0.2) is 0 Å². The van der Waals surface area contributed by atoms with E-state index in [0.29, 0.717) is 152 Å². The summed E-state index contributed by atoms with van der Waals surface area (Å²) in [6, 6.07) is 24.2. The number of carbonyl (C=O) groups excluding carboxylic acids is 13. The number of carboxylic acid groups (broad SMARTS) is 1. The SMILES string of the molecule is COC(=O)CCC(NC(=O)NC(CCCCNC(=O)CCCCCNC(=O)CCN(CCC(=O)Nc1ccc(F)cc1)CCN(CCC(=O)NCCCCCCC(=O)Nc1ccc(CC2CN(CC(=O)OC(C)(C)C)CCN(CC(=O)OC(C)(C)C)CCN2CC(=O)OC(C)(C)C)cc1)CCC(=O)NCCNC(=S)c1ccc(C2c3ccc(O)cc3Cc3cc(O)ccc32)c(C(=O)O)c1)C(=O)OC(C)(C)C)C(=O)OC(C)(C)C. The van der Waals surface area contributed by atoms with E-state index in [2.05, 4.69) is 47.9 Å². The second-order valence-electron chi connectivity index (χ2n) is 42.6. The Morgan fingerprint density at radius 3 is 1.32 bits per heavy atom. The number of carboxylic acids is 1. The molecule has 0 radical (unpaired) electrons. The van der Waals surface area contributed by atoms with Crippen molar-refractivity contribution in [2.24, 2.45) is 0 Å². The van der Waals surface area contributed by atoms with Crippen molar-refractivity contribution in [3.63, 3.8) is 0 Å². The number of halogens is 1. The highest BCUT2D eigenvalue weighted by Crippen LogP contribution is 2.44. The lowest BCUT2D eigenvalue weighted by molar-refractivity contribution is -0.158. The van der Waals surface area contributed by atoms with Gasteiger partial charge in [0.05, 0.1) is 32.3 Å². The standard InChI is InChI=1S/C109H159FN14O23S/c1-105(2,3)143-96(134)70-122-60-61-123(71-97(135)144-106(4,5)6)69-80(124(63-62-122)72-98(136)145-107(7,8)9)64-73-29-34-78(35-30-73)116-93(131)28-20-17-18-23-49-112-90(128)45-54-120(56-47-92(130)114-52-53-115-100(148)74-31-40-85(86(68-74)101(137)138)99-83-41-38-81(125)66-75(83)65-76-67-82(126)39-42-84(76)99)58-59-121(57-48-94(132)117-79-36-32-77(110)33-37-79)55-46-91(129)113-50-24-19-21-27-89(127)111-51-25-22-26-87(102(139)146-108(10,11)12)118-104(141)119-88(43-44-95(133)142-16)103(140)147-109(13,14)15/h29-42,66-68,80,87-88,99,125-126H,17-28,43-65,69-72H2,1-16H3,(H,111,127)(H,112,128)(H,113,129)(H,114,130)(H,115,148)(H,116,131)(H,117,132)(H,137,138)(H2,118,119,141). The Morgan fingerprint density at radius 2 is 0.824 bits per heavy atom. The number of amides is 8. The van der Waals surface area contributed by atoms with Crippen LogP contribution in [0.5, 0.6) is 11.5 Å². The Balaban J connectivity index is 0.933. The lowest BCUT2D eigenvalue weighted by Crippen LogP contribution is -2.53. The number of nitrogens with zero attached hydrogens (tertiary/aromatic N) is 5. The van der Waals surface area contributed by atoms with Gasteiger partial charge in [0.2, 0.25) is 35.4 Å². The first-order valence-corrected chi connectivity index (χ1v) is 51.8. The van der Waals surface area contributed by atoms with Gasteiger partial charge in [-0.25, -0.2) is 23.6 Å². The maximum atomic E-state index is 13.9. The largest absolute Gasteiger partial charge is 0.508 e. The zero-order chi connectivity index (χ0) is 109. The van der Waals surface area contributed by atoms with Crippen LogP contribution in [0.25, 0.3) is 0 Å². The van der Waals surface area contributed by atoms with Crippen molar-refractivity contribution in [3.8, 4) is 11.5 Å². The molecular weight excluding hydrogens is 1920 g/mol. The van der Waals surface area contributed by atoms with Crippen LogP contribution in [0.15, 0.2) is 103 Å². The van der Waals surface area contributed by atoms with Gasteiger partial charge in [-0.05, 0) is 268 Å². The number of hydrogen-bond acceptors (Lipinski definition) is 28. The maximum absolute atomic E-state index is 13.9. The summed E-state index contributed by atoms with van der Waals surface area (Å²) in [6.07, 6.45) is 6.31. The summed E-state index contributed by atoms with van der Waals surface area (Å²) >= 11 is 5.78. The number of benzene rings is 5. The lowest BCUT2D eigenvalue weighted by Gasteiger charge is -2.35. The van der Waals surface area contributed by atoms with E-state index < -0.39 is 99.6 Å². The molecule has 3 unspecified atom stereocenters. The summed E-state index contributed by atoms with van der Waals surface area (Å²) in [4.78, 5) is 196. The minimum absolute atomic E-state index is 0.00144. The average molecular weight is 2080 g/mol. The van der Waals surface area contributed by atoms with Gasteiger partial charge < -0.3 is 101 Å². The second kappa shape index (κ2) is 60.4. The van der Waals surface area contributed by atoms with E-state index in [0.717, 1.165) is 27.8 Å². The van der Waals surface area contributed by atoms with Gasteiger partial charge >= 0.3 is 47.8 Å². The van der Waals surface area contributed by atoms with Gasteiger partial charge in [-0.3, -0.25) is 62.6 Å². The fraction of sp³-hybridized carbons (Fsp3) is 0.587. The molecule has 5 aromatic carbocycles. The third kappa shape index (κ3) is 48.8.